The van der Waals surface area contributed by atoms with Crippen LogP contribution in [0.1, 0.15) is 37.7 Å². The van der Waals surface area contributed by atoms with Crippen molar-refractivity contribution < 1.29 is 18.3 Å². The number of guanidine groups is 1. The number of aliphatic imine (C=N–C) groups is 1. The Morgan fingerprint density at radius 1 is 1.25 bits per heavy atom. The van der Waals surface area contributed by atoms with Gasteiger partial charge in [0.1, 0.15) is 12.4 Å². The lowest BCUT2D eigenvalue weighted by molar-refractivity contribution is 0.0818. The van der Waals surface area contributed by atoms with Crippen LogP contribution in [-0.2, 0) is 11.3 Å². The second kappa shape index (κ2) is 13.1. The molecule has 0 spiro atoms. The quantitative estimate of drug-likeness (QED) is 0.281. The summed E-state index contributed by atoms with van der Waals surface area (Å²) in [5, 5.41) is 6.72. The molecule has 160 valence electrons. The molecular formula is C20H32F2IN3O2. The summed E-state index contributed by atoms with van der Waals surface area (Å²) in [4.78, 5) is 4.29. The van der Waals surface area contributed by atoms with Gasteiger partial charge in [-0.3, -0.25) is 4.99 Å². The number of nitrogens with one attached hydrogen (secondary N) is 2. The molecule has 1 aliphatic carbocycles. The normalized spacial score (nSPS) is 16.0. The van der Waals surface area contributed by atoms with Crippen LogP contribution >= 0.6 is 24.0 Å². The van der Waals surface area contributed by atoms with Crippen LogP contribution in [0, 0.1) is 5.41 Å². The van der Waals surface area contributed by atoms with Gasteiger partial charge in [0.15, 0.2) is 5.96 Å². The van der Waals surface area contributed by atoms with E-state index in [0.29, 0.717) is 12.3 Å². The van der Waals surface area contributed by atoms with E-state index >= 15 is 0 Å². The van der Waals surface area contributed by atoms with Crippen LogP contribution in [0.5, 0.6) is 5.75 Å². The highest BCUT2D eigenvalue weighted by molar-refractivity contribution is 14.0. The summed E-state index contributed by atoms with van der Waals surface area (Å²) in [6.07, 6.45) is 3.53. The largest absolute Gasteiger partial charge is 0.488 e. The van der Waals surface area contributed by atoms with Crippen LogP contribution < -0.4 is 15.4 Å². The summed E-state index contributed by atoms with van der Waals surface area (Å²) >= 11 is 0. The maximum Gasteiger partial charge on any atom is 0.272 e. The number of halogens is 3. The Bertz CT molecular complexity index is 597. The second-order valence-electron chi connectivity index (χ2n) is 7.08. The second-order valence-corrected chi connectivity index (χ2v) is 7.08. The molecule has 8 heteroatoms. The average Bonchev–Trinajstić information content (AvgIpc) is 3.14. The van der Waals surface area contributed by atoms with Crippen molar-refractivity contribution in [3.05, 3.63) is 29.8 Å². The Kier molecular flexibility index (Phi) is 11.7. The smallest absolute Gasteiger partial charge is 0.272 e. The summed E-state index contributed by atoms with van der Waals surface area (Å²) < 4.78 is 34.9. The molecule has 1 aromatic rings. The van der Waals surface area contributed by atoms with Crippen LogP contribution in [0.4, 0.5) is 8.78 Å². The summed E-state index contributed by atoms with van der Waals surface area (Å²) in [6, 6.07) is 7.16. The molecule has 0 amide bonds. The Morgan fingerprint density at radius 3 is 2.64 bits per heavy atom. The van der Waals surface area contributed by atoms with E-state index in [1.807, 2.05) is 6.07 Å². The predicted molar refractivity (Wildman–Crippen MR) is 119 cm³/mol. The lowest BCUT2D eigenvalue weighted by Gasteiger charge is -2.30. The van der Waals surface area contributed by atoms with Gasteiger partial charge >= 0.3 is 0 Å². The molecular weight excluding hydrogens is 479 g/mol. The molecule has 28 heavy (non-hydrogen) atoms. The van der Waals surface area contributed by atoms with Crippen LogP contribution in [0.3, 0.4) is 0 Å². The van der Waals surface area contributed by atoms with Gasteiger partial charge in [0.25, 0.3) is 6.43 Å². The van der Waals surface area contributed by atoms with Gasteiger partial charge in [-0.15, -0.1) is 24.0 Å². The highest BCUT2D eigenvalue weighted by Crippen LogP contribution is 2.40. The molecule has 0 bridgehead atoms. The van der Waals surface area contributed by atoms with Crippen molar-refractivity contribution >= 4 is 29.9 Å². The van der Waals surface area contributed by atoms with Gasteiger partial charge in [-0.25, -0.2) is 8.78 Å². The molecule has 5 nitrogen and oxygen atoms in total. The van der Waals surface area contributed by atoms with E-state index in [2.05, 4.69) is 15.6 Å². The predicted octanol–water partition coefficient (Wildman–Crippen LogP) is 4.21. The van der Waals surface area contributed by atoms with Crippen molar-refractivity contribution in [3.8, 4) is 5.75 Å². The molecule has 0 unspecified atom stereocenters. The molecule has 1 saturated carbocycles. The highest BCUT2D eigenvalue weighted by Gasteiger charge is 2.33. The lowest BCUT2D eigenvalue weighted by atomic mass is 9.83. The number of nitrogens with zero attached hydrogens (tertiary/aromatic N) is 1. The third-order valence-electron chi connectivity index (χ3n) is 5.09. The van der Waals surface area contributed by atoms with Crippen molar-refractivity contribution in [1.82, 2.24) is 10.6 Å². The minimum Gasteiger partial charge on any atom is -0.488 e. The molecule has 1 aromatic carbocycles. The number of hydrogen-bond donors (Lipinski definition) is 2. The standard InChI is InChI=1S/C20H31F2N3O2.HI/c1-23-19(25-15-20(10-11-26-2)8-3-4-9-20)24-13-16-6-5-7-17(12-16)27-14-18(21)22;/h5-7,12,18H,3-4,8-11,13-15H2,1-2H3,(H2,23,24,25);1H. The number of methoxy groups -OCH3 is 1. The topological polar surface area (TPSA) is 54.9 Å². The van der Waals surface area contributed by atoms with E-state index in [0.717, 1.165) is 31.1 Å². The molecule has 2 rings (SSSR count). The first-order valence-corrected chi connectivity index (χ1v) is 9.50. The van der Waals surface area contributed by atoms with Crippen molar-refractivity contribution in [2.45, 2.75) is 45.1 Å². The minimum atomic E-state index is -2.48. The van der Waals surface area contributed by atoms with E-state index in [4.69, 9.17) is 9.47 Å². The van der Waals surface area contributed by atoms with Crippen molar-refractivity contribution in [2.75, 3.05) is 33.9 Å². The Balaban J connectivity index is 0.00000392. The molecule has 0 heterocycles. The van der Waals surface area contributed by atoms with Crippen molar-refractivity contribution in [2.24, 2.45) is 10.4 Å². The molecule has 0 aromatic heterocycles. The Labute approximate surface area is 183 Å². The third-order valence-corrected chi connectivity index (χ3v) is 5.09. The zero-order valence-corrected chi connectivity index (χ0v) is 19.0. The number of ether oxygens (including phenoxy) is 2. The summed E-state index contributed by atoms with van der Waals surface area (Å²) in [5.74, 6) is 1.18. The van der Waals surface area contributed by atoms with E-state index in [1.54, 1.807) is 32.4 Å². The van der Waals surface area contributed by atoms with E-state index < -0.39 is 13.0 Å². The number of rotatable bonds is 10. The minimum absolute atomic E-state index is 0. The summed E-state index contributed by atoms with van der Waals surface area (Å²) in [5.41, 5.74) is 1.22. The summed E-state index contributed by atoms with van der Waals surface area (Å²) in [6.45, 7) is 1.59. The van der Waals surface area contributed by atoms with Gasteiger partial charge in [-0.05, 0) is 42.4 Å². The zero-order valence-electron chi connectivity index (χ0n) is 16.7. The van der Waals surface area contributed by atoms with E-state index in [-0.39, 0.29) is 29.4 Å². The van der Waals surface area contributed by atoms with E-state index in [1.165, 1.54) is 25.7 Å². The molecule has 0 atom stereocenters. The Hall–Kier alpha value is -1.16. The van der Waals surface area contributed by atoms with Crippen LogP contribution in [0.2, 0.25) is 0 Å². The fraction of sp³-hybridized carbons (Fsp3) is 0.650. The summed E-state index contributed by atoms with van der Waals surface area (Å²) in [7, 11) is 3.49. The fourth-order valence-electron chi connectivity index (χ4n) is 3.54. The van der Waals surface area contributed by atoms with Crippen LogP contribution in [0.15, 0.2) is 29.3 Å². The number of alkyl halides is 2. The number of hydrogen-bond acceptors (Lipinski definition) is 3. The van der Waals surface area contributed by atoms with Gasteiger partial charge in [0, 0.05) is 33.9 Å². The van der Waals surface area contributed by atoms with Gasteiger partial charge in [-0.1, -0.05) is 25.0 Å². The third kappa shape index (κ3) is 8.46. The SMILES string of the molecule is CN=C(NCc1cccc(OCC(F)F)c1)NCC1(CCOC)CCCC1.I. The molecule has 0 saturated heterocycles. The molecule has 2 N–H and O–H groups in total. The van der Waals surface area contributed by atoms with Crippen LogP contribution in [-0.4, -0.2) is 46.3 Å². The van der Waals surface area contributed by atoms with Gasteiger partial charge in [-0.2, -0.15) is 0 Å². The van der Waals surface area contributed by atoms with Gasteiger partial charge in [0.2, 0.25) is 0 Å². The number of benzene rings is 1. The van der Waals surface area contributed by atoms with Gasteiger partial charge in [0.05, 0.1) is 0 Å². The van der Waals surface area contributed by atoms with Gasteiger partial charge < -0.3 is 20.1 Å². The molecule has 0 aliphatic heterocycles. The Morgan fingerprint density at radius 2 is 2.00 bits per heavy atom. The maximum absolute atomic E-state index is 12.3. The molecule has 1 aliphatic rings. The first-order chi connectivity index (χ1) is 13.1. The zero-order chi connectivity index (χ0) is 19.5. The first-order valence-electron chi connectivity index (χ1n) is 9.50. The highest BCUT2D eigenvalue weighted by atomic mass is 127. The average molecular weight is 511 g/mol. The van der Waals surface area contributed by atoms with Crippen molar-refractivity contribution in [3.63, 3.8) is 0 Å². The molecule has 1 fully saturated rings. The van der Waals surface area contributed by atoms with Crippen LogP contribution in [0.25, 0.3) is 0 Å². The lowest BCUT2D eigenvalue weighted by Crippen LogP contribution is -2.43. The molecule has 0 radical (unpaired) electrons. The first kappa shape index (κ1) is 24.9. The fourth-order valence-corrected chi connectivity index (χ4v) is 3.54. The van der Waals surface area contributed by atoms with Crippen molar-refractivity contribution in [1.29, 1.82) is 0 Å². The monoisotopic (exact) mass is 511 g/mol. The maximum atomic E-state index is 12.3. The van der Waals surface area contributed by atoms with E-state index in [9.17, 15) is 8.78 Å².